The van der Waals surface area contributed by atoms with Gasteiger partial charge in [-0.1, -0.05) is 24.3 Å². The van der Waals surface area contributed by atoms with Crippen molar-refractivity contribution in [2.75, 3.05) is 11.9 Å². The van der Waals surface area contributed by atoms with Crippen LogP contribution in [0.1, 0.15) is 28.9 Å². The van der Waals surface area contributed by atoms with E-state index < -0.39 is 6.04 Å². The van der Waals surface area contributed by atoms with Crippen molar-refractivity contribution in [3.63, 3.8) is 0 Å². The lowest BCUT2D eigenvalue weighted by molar-refractivity contribution is -0.121. The van der Waals surface area contributed by atoms with Gasteiger partial charge in [0.2, 0.25) is 5.91 Å². The predicted molar refractivity (Wildman–Crippen MR) is 115 cm³/mol. The molecule has 0 bridgehead atoms. The number of hydrogen-bond donors (Lipinski definition) is 1. The van der Waals surface area contributed by atoms with Crippen molar-refractivity contribution in [1.82, 2.24) is 4.90 Å². The van der Waals surface area contributed by atoms with Crippen LogP contribution in [0.3, 0.4) is 0 Å². The standard InChI is InChI=1S/C23H22N2O3S/c26-22(20-9-4-5-15-25(20)23(27)21-10-6-16-29-21)24-17-11-13-19(14-12-17)28-18-7-2-1-3-8-18/h1-3,6-8,10-14,16,20H,4-5,9,15H2,(H,24,26). The van der Waals surface area contributed by atoms with Crippen LogP contribution in [0.25, 0.3) is 0 Å². The largest absolute Gasteiger partial charge is 0.457 e. The number of likely N-dealkylation sites (tertiary alicyclic amines) is 1. The monoisotopic (exact) mass is 406 g/mol. The second-order valence-corrected chi connectivity index (χ2v) is 7.86. The molecular formula is C23H22N2O3S. The van der Waals surface area contributed by atoms with Gasteiger partial charge in [-0.2, -0.15) is 0 Å². The zero-order valence-electron chi connectivity index (χ0n) is 15.9. The van der Waals surface area contributed by atoms with Gasteiger partial charge in [0.1, 0.15) is 17.5 Å². The lowest BCUT2D eigenvalue weighted by Gasteiger charge is -2.34. The first-order valence-electron chi connectivity index (χ1n) is 9.69. The molecule has 0 saturated carbocycles. The van der Waals surface area contributed by atoms with E-state index >= 15 is 0 Å². The van der Waals surface area contributed by atoms with Crippen molar-refractivity contribution in [2.45, 2.75) is 25.3 Å². The average molecular weight is 407 g/mol. The summed E-state index contributed by atoms with van der Waals surface area (Å²) in [5.74, 6) is 1.24. The van der Waals surface area contributed by atoms with Gasteiger partial charge in [-0.25, -0.2) is 0 Å². The van der Waals surface area contributed by atoms with E-state index in [1.807, 2.05) is 72.1 Å². The summed E-state index contributed by atoms with van der Waals surface area (Å²) >= 11 is 1.41. The lowest BCUT2D eigenvalue weighted by atomic mass is 10.0. The van der Waals surface area contributed by atoms with Crippen LogP contribution in [-0.2, 0) is 4.79 Å². The number of piperidine rings is 1. The van der Waals surface area contributed by atoms with E-state index in [9.17, 15) is 9.59 Å². The Balaban J connectivity index is 1.41. The Morgan fingerprint density at radius 3 is 2.41 bits per heavy atom. The summed E-state index contributed by atoms with van der Waals surface area (Å²) in [6, 6.07) is 20.0. The number of thiophene rings is 1. The molecule has 1 aromatic heterocycles. The molecule has 1 fully saturated rings. The van der Waals surface area contributed by atoms with E-state index in [0.717, 1.165) is 18.6 Å². The smallest absolute Gasteiger partial charge is 0.264 e. The molecule has 2 amide bonds. The number of amides is 2. The van der Waals surface area contributed by atoms with Gasteiger partial charge in [0, 0.05) is 12.2 Å². The van der Waals surface area contributed by atoms with Crippen LogP contribution >= 0.6 is 11.3 Å². The number of nitrogens with zero attached hydrogens (tertiary/aromatic N) is 1. The number of para-hydroxylation sites is 1. The molecule has 0 radical (unpaired) electrons. The summed E-state index contributed by atoms with van der Waals surface area (Å²) in [4.78, 5) is 28.1. The molecule has 1 N–H and O–H groups in total. The molecule has 1 aliphatic heterocycles. The minimum Gasteiger partial charge on any atom is -0.457 e. The van der Waals surface area contributed by atoms with Gasteiger partial charge in [0.15, 0.2) is 0 Å². The highest BCUT2D eigenvalue weighted by Gasteiger charge is 2.33. The maximum absolute atomic E-state index is 12.9. The Kier molecular flexibility index (Phi) is 5.91. The summed E-state index contributed by atoms with van der Waals surface area (Å²) in [5.41, 5.74) is 0.685. The fourth-order valence-electron chi connectivity index (χ4n) is 3.45. The molecule has 1 aliphatic rings. The summed E-state index contributed by atoms with van der Waals surface area (Å²) in [6.07, 6.45) is 2.54. The van der Waals surface area contributed by atoms with Gasteiger partial charge in [0.05, 0.1) is 4.88 Å². The number of carbonyl (C=O) groups excluding carboxylic acids is 2. The van der Waals surface area contributed by atoms with Crippen LogP contribution in [0.5, 0.6) is 11.5 Å². The van der Waals surface area contributed by atoms with E-state index in [2.05, 4.69) is 5.32 Å². The molecule has 6 heteroatoms. The zero-order valence-corrected chi connectivity index (χ0v) is 16.7. The van der Waals surface area contributed by atoms with Crippen molar-refractivity contribution in [1.29, 1.82) is 0 Å². The molecule has 1 atom stereocenters. The van der Waals surface area contributed by atoms with Crippen molar-refractivity contribution in [2.24, 2.45) is 0 Å². The summed E-state index contributed by atoms with van der Waals surface area (Å²) in [5, 5.41) is 4.83. The number of nitrogens with one attached hydrogen (secondary N) is 1. The van der Waals surface area contributed by atoms with E-state index in [1.54, 1.807) is 4.90 Å². The maximum atomic E-state index is 12.9. The topological polar surface area (TPSA) is 58.6 Å². The van der Waals surface area contributed by atoms with E-state index in [4.69, 9.17) is 4.74 Å². The molecule has 0 spiro atoms. The zero-order chi connectivity index (χ0) is 20.1. The summed E-state index contributed by atoms with van der Waals surface area (Å²) < 4.78 is 5.78. The number of hydrogen-bond acceptors (Lipinski definition) is 4. The third kappa shape index (κ3) is 4.66. The highest BCUT2D eigenvalue weighted by Crippen LogP contribution is 2.25. The Morgan fingerprint density at radius 2 is 1.69 bits per heavy atom. The first-order chi connectivity index (χ1) is 14.2. The fraction of sp³-hybridized carbons (Fsp3) is 0.217. The van der Waals surface area contributed by atoms with Crippen LogP contribution in [0.4, 0.5) is 5.69 Å². The van der Waals surface area contributed by atoms with E-state index in [0.29, 0.717) is 29.3 Å². The third-order valence-electron chi connectivity index (χ3n) is 4.90. The van der Waals surface area contributed by atoms with Gasteiger partial charge in [0.25, 0.3) is 5.91 Å². The Bertz CT molecular complexity index is 956. The molecule has 0 aliphatic carbocycles. The number of benzene rings is 2. The number of rotatable bonds is 5. The van der Waals surface area contributed by atoms with Crippen LogP contribution in [0, 0.1) is 0 Å². The fourth-order valence-corrected chi connectivity index (χ4v) is 4.12. The van der Waals surface area contributed by atoms with Gasteiger partial charge < -0.3 is 15.0 Å². The van der Waals surface area contributed by atoms with Crippen molar-refractivity contribution < 1.29 is 14.3 Å². The van der Waals surface area contributed by atoms with Gasteiger partial charge in [-0.05, 0) is 67.1 Å². The summed E-state index contributed by atoms with van der Waals surface area (Å²) in [7, 11) is 0. The highest BCUT2D eigenvalue weighted by atomic mass is 32.1. The lowest BCUT2D eigenvalue weighted by Crippen LogP contribution is -2.49. The van der Waals surface area contributed by atoms with E-state index in [-0.39, 0.29) is 11.8 Å². The minimum absolute atomic E-state index is 0.0635. The van der Waals surface area contributed by atoms with Crippen LogP contribution < -0.4 is 10.1 Å². The molecule has 5 nitrogen and oxygen atoms in total. The molecule has 3 aromatic rings. The molecule has 4 rings (SSSR count). The molecule has 1 unspecified atom stereocenters. The Labute approximate surface area is 173 Å². The Hall–Kier alpha value is -3.12. The van der Waals surface area contributed by atoms with Crippen LogP contribution in [0.15, 0.2) is 72.1 Å². The SMILES string of the molecule is O=C(Nc1ccc(Oc2ccccc2)cc1)C1CCCCN1C(=O)c1cccs1. The molecule has 148 valence electrons. The molecule has 2 heterocycles. The first-order valence-corrected chi connectivity index (χ1v) is 10.6. The molecule has 29 heavy (non-hydrogen) atoms. The third-order valence-corrected chi connectivity index (χ3v) is 5.76. The average Bonchev–Trinajstić information content (AvgIpc) is 3.30. The van der Waals surface area contributed by atoms with Crippen LogP contribution in [-0.4, -0.2) is 29.3 Å². The molecule has 2 aromatic carbocycles. The second-order valence-electron chi connectivity index (χ2n) is 6.92. The van der Waals surface area contributed by atoms with Crippen molar-refractivity contribution >= 4 is 28.8 Å². The normalized spacial score (nSPS) is 16.3. The minimum atomic E-state index is -0.446. The highest BCUT2D eigenvalue weighted by molar-refractivity contribution is 7.12. The first kappa shape index (κ1) is 19.2. The van der Waals surface area contributed by atoms with E-state index in [1.165, 1.54) is 11.3 Å². The maximum Gasteiger partial charge on any atom is 0.264 e. The van der Waals surface area contributed by atoms with Crippen molar-refractivity contribution in [3.8, 4) is 11.5 Å². The second kappa shape index (κ2) is 8.92. The van der Waals surface area contributed by atoms with Gasteiger partial charge in [-0.15, -0.1) is 11.3 Å². The van der Waals surface area contributed by atoms with Gasteiger partial charge in [-0.3, -0.25) is 9.59 Å². The number of ether oxygens (including phenoxy) is 1. The predicted octanol–water partition coefficient (Wildman–Crippen LogP) is 5.17. The number of anilines is 1. The molecular weight excluding hydrogens is 384 g/mol. The summed E-state index contributed by atoms with van der Waals surface area (Å²) in [6.45, 7) is 0.610. The Morgan fingerprint density at radius 1 is 0.931 bits per heavy atom. The van der Waals surface area contributed by atoms with Crippen LogP contribution in [0.2, 0.25) is 0 Å². The number of carbonyl (C=O) groups is 2. The quantitative estimate of drug-likeness (QED) is 0.636. The molecule has 1 saturated heterocycles. The van der Waals surface area contributed by atoms with Crippen molar-refractivity contribution in [3.05, 3.63) is 77.0 Å². The van der Waals surface area contributed by atoms with Gasteiger partial charge >= 0.3 is 0 Å².